The van der Waals surface area contributed by atoms with Crippen molar-refractivity contribution in [2.24, 2.45) is 0 Å². The summed E-state index contributed by atoms with van der Waals surface area (Å²) in [5.41, 5.74) is 7.61. The number of pyridine rings is 1. The maximum Gasteiger partial charge on any atom is 0.116 e. The molecule has 0 spiro atoms. The van der Waals surface area contributed by atoms with E-state index < -0.39 is 0 Å². The zero-order valence-electron chi connectivity index (χ0n) is 9.86. The molecule has 2 N–H and O–H groups in total. The lowest BCUT2D eigenvalue weighted by Crippen LogP contribution is -2.07. The van der Waals surface area contributed by atoms with E-state index in [0.717, 1.165) is 5.69 Å². The first-order valence-corrected chi connectivity index (χ1v) is 4.95. The molecule has 1 heterocycles. The second kappa shape index (κ2) is 6.93. The molecule has 1 rings (SSSR count). The first kappa shape index (κ1) is 13.6. The molecule has 3 nitrogen and oxygen atoms in total. The van der Waals surface area contributed by atoms with Gasteiger partial charge in [-0.25, -0.2) is 0 Å². The Morgan fingerprint density at radius 1 is 1.40 bits per heavy atom. The molecule has 0 aliphatic heterocycles. The standard InChI is InChI=1S/C9H12BN3.C2H6/c1-13(2)4-3-9-8(11)5-7(10)6-12-9;1-2/h3-6H,11H2,1-2H3;1-2H3/b4-3+;. The Kier molecular flexibility index (Phi) is 6.26. The van der Waals surface area contributed by atoms with Gasteiger partial charge in [0.25, 0.3) is 0 Å². The third kappa shape index (κ3) is 5.10. The number of hydrogen-bond acceptors (Lipinski definition) is 3. The molecule has 4 heteroatoms. The van der Waals surface area contributed by atoms with Gasteiger partial charge in [0.1, 0.15) is 7.85 Å². The van der Waals surface area contributed by atoms with Gasteiger partial charge in [-0.2, -0.15) is 0 Å². The van der Waals surface area contributed by atoms with Crippen LogP contribution < -0.4 is 11.2 Å². The largest absolute Gasteiger partial charge is 0.397 e. The van der Waals surface area contributed by atoms with Gasteiger partial charge in [0.2, 0.25) is 0 Å². The number of nitrogens with two attached hydrogens (primary N) is 1. The maximum absolute atomic E-state index is 5.70. The number of anilines is 1. The molecule has 0 saturated carbocycles. The van der Waals surface area contributed by atoms with Crippen LogP contribution in [0.3, 0.4) is 0 Å². The number of rotatable bonds is 2. The molecule has 80 valence electrons. The number of aromatic nitrogens is 1. The van der Waals surface area contributed by atoms with Crippen LogP contribution in [0.4, 0.5) is 5.69 Å². The number of nitrogen functional groups attached to an aromatic ring is 1. The van der Waals surface area contributed by atoms with Crippen LogP contribution in [-0.4, -0.2) is 31.8 Å². The average molecular weight is 203 g/mol. The van der Waals surface area contributed by atoms with Gasteiger partial charge >= 0.3 is 0 Å². The Morgan fingerprint density at radius 2 is 2.00 bits per heavy atom. The molecular formula is C11H18BN3. The molecule has 0 aliphatic carbocycles. The lowest BCUT2D eigenvalue weighted by molar-refractivity contribution is 0.567. The minimum absolute atomic E-state index is 0.583. The Morgan fingerprint density at radius 3 is 2.47 bits per heavy atom. The molecule has 1 aromatic rings. The average Bonchev–Trinajstić information content (AvgIpc) is 2.19. The van der Waals surface area contributed by atoms with E-state index in [9.17, 15) is 0 Å². The Labute approximate surface area is 93.4 Å². The predicted octanol–water partition coefficient (Wildman–Crippen LogP) is 1.02. The fourth-order valence-corrected chi connectivity index (χ4v) is 0.868. The quantitative estimate of drug-likeness (QED) is 0.729. The van der Waals surface area contributed by atoms with E-state index in [1.807, 2.05) is 45.1 Å². The molecule has 0 aliphatic rings. The Hall–Kier alpha value is -1.45. The van der Waals surface area contributed by atoms with E-state index in [4.69, 9.17) is 13.6 Å². The van der Waals surface area contributed by atoms with E-state index in [0.29, 0.717) is 11.2 Å². The molecule has 0 saturated heterocycles. The number of hydrogen-bond donors (Lipinski definition) is 1. The summed E-state index contributed by atoms with van der Waals surface area (Å²) in [6.07, 6.45) is 5.31. The first-order valence-electron chi connectivity index (χ1n) is 4.95. The highest BCUT2D eigenvalue weighted by atomic mass is 15.0. The molecule has 2 radical (unpaired) electrons. The summed E-state index contributed by atoms with van der Waals surface area (Å²) >= 11 is 0. The molecule has 0 bridgehead atoms. The van der Waals surface area contributed by atoms with E-state index in [1.54, 1.807) is 12.3 Å². The first-order chi connectivity index (χ1) is 7.09. The lowest BCUT2D eigenvalue weighted by Gasteiger charge is -2.04. The van der Waals surface area contributed by atoms with Crippen molar-refractivity contribution in [2.75, 3.05) is 19.8 Å². The van der Waals surface area contributed by atoms with Crippen LogP contribution >= 0.6 is 0 Å². The van der Waals surface area contributed by atoms with E-state index >= 15 is 0 Å². The van der Waals surface area contributed by atoms with Crippen molar-refractivity contribution in [1.29, 1.82) is 0 Å². The topological polar surface area (TPSA) is 42.2 Å². The molecule has 0 amide bonds. The highest BCUT2D eigenvalue weighted by molar-refractivity contribution is 6.32. The molecule has 0 fully saturated rings. The highest BCUT2D eigenvalue weighted by Crippen LogP contribution is 2.07. The molecule has 0 atom stereocenters. The van der Waals surface area contributed by atoms with Gasteiger partial charge in [-0.15, -0.1) is 0 Å². The van der Waals surface area contributed by atoms with Crippen LogP contribution in [0.15, 0.2) is 18.5 Å². The van der Waals surface area contributed by atoms with Crippen molar-refractivity contribution in [3.05, 3.63) is 24.2 Å². The third-order valence-corrected chi connectivity index (χ3v) is 1.50. The predicted molar refractivity (Wildman–Crippen MR) is 68.1 cm³/mol. The SMILES string of the molecule is CC.[B]c1cnc(/C=C/N(C)C)c(N)c1. The third-order valence-electron chi connectivity index (χ3n) is 1.50. The van der Waals surface area contributed by atoms with Crippen molar-refractivity contribution in [1.82, 2.24) is 9.88 Å². The molecule has 15 heavy (non-hydrogen) atoms. The minimum atomic E-state index is 0.583. The smallest absolute Gasteiger partial charge is 0.116 e. The normalized spacial score (nSPS) is 9.60. The van der Waals surface area contributed by atoms with Gasteiger partial charge in [0.05, 0.1) is 11.4 Å². The van der Waals surface area contributed by atoms with E-state index in [1.165, 1.54) is 0 Å². The van der Waals surface area contributed by atoms with Gasteiger partial charge in [0, 0.05) is 26.5 Å². The van der Waals surface area contributed by atoms with Crippen LogP contribution in [0.5, 0.6) is 0 Å². The summed E-state index contributed by atoms with van der Waals surface area (Å²) in [5.74, 6) is 0. The fourth-order valence-electron chi connectivity index (χ4n) is 0.868. The Bertz CT molecular complexity index is 322. The number of nitrogens with zero attached hydrogens (tertiary/aromatic N) is 2. The van der Waals surface area contributed by atoms with Gasteiger partial charge in [-0.1, -0.05) is 19.3 Å². The second-order valence-electron chi connectivity index (χ2n) is 3.02. The molecule has 0 aromatic carbocycles. The highest BCUT2D eigenvalue weighted by Gasteiger charge is 1.95. The van der Waals surface area contributed by atoms with E-state index in [-0.39, 0.29) is 0 Å². The second-order valence-corrected chi connectivity index (χ2v) is 3.02. The van der Waals surface area contributed by atoms with Crippen LogP contribution in [-0.2, 0) is 0 Å². The van der Waals surface area contributed by atoms with Gasteiger partial charge < -0.3 is 10.6 Å². The van der Waals surface area contributed by atoms with Gasteiger partial charge in [-0.05, 0) is 12.1 Å². The van der Waals surface area contributed by atoms with Crippen LogP contribution in [0.1, 0.15) is 19.5 Å². The van der Waals surface area contributed by atoms with Crippen molar-refractivity contribution in [3.63, 3.8) is 0 Å². The molecule has 0 unspecified atom stereocenters. The summed E-state index contributed by atoms with van der Waals surface area (Å²) < 4.78 is 0. The van der Waals surface area contributed by atoms with Crippen molar-refractivity contribution in [3.8, 4) is 0 Å². The van der Waals surface area contributed by atoms with Crippen molar-refractivity contribution >= 4 is 25.1 Å². The Balaban J connectivity index is 0.000000921. The van der Waals surface area contributed by atoms with Crippen LogP contribution in [0.2, 0.25) is 0 Å². The van der Waals surface area contributed by atoms with E-state index in [2.05, 4.69) is 4.98 Å². The van der Waals surface area contributed by atoms with Gasteiger partial charge in [0.15, 0.2) is 0 Å². The monoisotopic (exact) mass is 203 g/mol. The minimum Gasteiger partial charge on any atom is -0.397 e. The molecular weight excluding hydrogens is 185 g/mol. The summed E-state index contributed by atoms with van der Waals surface area (Å²) in [6, 6.07) is 1.70. The van der Waals surface area contributed by atoms with Crippen molar-refractivity contribution < 1.29 is 0 Å². The van der Waals surface area contributed by atoms with Crippen molar-refractivity contribution in [2.45, 2.75) is 13.8 Å². The zero-order valence-corrected chi connectivity index (χ0v) is 9.86. The summed E-state index contributed by atoms with van der Waals surface area (Å²) in [5, 5.41) is 0. The summed E-state index contributed by atoms with van der Waals surface area (Å²) in [6.45, 7) is 4.00. The maximum atomic E-state index is 5.70. The summed E-state index contributed by atoms with van der Waals surface area (Å²) in [4.78, 5) is 6.00. The summed E-state index contributed by atoms with van der Waals surface area (Å²) in [7, 11) is 9.38. The lowest BCUT2D eigenvalue weighted by atomic mass is 9.98. The molecule has 1 aromatic heterocycles. The van der Waals surface area contributed by atoms with Crippen LogP contribution in [0, 0.1) is 0 Å². The zero-order chi connectivity index (χ0) is 11.8. The fraction of sp³-hybridized carbons (Fsp3) is 0.364. The van der Waals surface area contributed by atoms with Gasteiger partial charge in [-0.3, -0.25) is 4.98 Å². The van der Waals surface area contributed by atoms with Crippen LogP contribution in [0.25, 0.3) is 6.08 Å².